The number of benzene rings is 1. The first-order valence-corrected chi connectivity index (χ1v) is 9.61. The third kappa shape index (κ3) is 2.57. The van der Waals surface area contributed by atoms with E-state index in [2.05, 4.69) is 10.3 Å². The van der Waals surface area contributed by atoms with Crippen LogP contribution in [-0.4, -0.2) is 37.2 Å². The molecule has 0 radical (unpaired) electrons. The lowest BCUT2D eigenvalue weighted by Crippen LogP contribution is -2.30. The van der Waals surface area contributed by atoms with Crippen LogP contribution in [0.25, 0.3) is 10.9 Å². The largest absolute Gasteiger partial charge is 0.477 e. The highest BCUT2D eigenvalue weighted by molar-refractivity contribution is 5.99. The van der Waals surface area contributed by atoms with Gasteiger partial charge in [-0.3, -0.25) is 4.79 Å². The van der Waals surface area contributed by atoms with E-state index in [1.165, 1.54) is 20.3 Å². The number of anilines is 2. The number of aromatic nitrogens is 4. The van der Waals surface area contributed by atoms with Crippen molar-refractivity contribution in [2.75, 3.05) is 17.2 Å². The van der Waals surface area contributed by atoms with Gasteiger partial charge in [0.1, 0.15) is 17.4 Å². The number of hydrogen-bond acceptors (Lipinski definition) is 6. The number of carbonyl (C=O) groups is 1. The summed E-state index contributed by atoms with van der Waals surface area (Å²) < 4.78 is 34.2. The summed E-state index contributed by atoms with van der Waals surface area (Å²) in [5.41, 5.74) is 3.37. The number of halogens is 2. The Balaban J connectivity index is 1.81. The van der Waals surface area contributed by atoms with Crippen molar-refractivity contribution in [1.82, 2.24) is 19.6 Å². The minimum absolute atomic E-state index is 0.161. The number of rotatable bonds is 4. The van der Waals surface area contributed by atoms with Crippen molar-refractivity contribution in [2.45, 2.75) is 37.9 Å². The molecule has 1 saturated heterocycles. The molecular formula is C19H18F2N6O3. The zero-order chi connectivity index (χ0) is 21.2. The highest BCUT2D eigenvalue weighted by atomic mass is 19.1. The van der Waals surface area contributed by atoms with E-state index in [1.54, 1.807) is 6.20 Å². The van der Waals surface area contributed by atoms with Crippen molar-refractivity contribution in [3.05, 3.63) is 46.0 Å². The molecule has 3 N–H and O–H groups in total. The molecule has 0 amide bonds. The van der Waals surface area contributed by atoms with Gasteiger partial charge in [0.2, 0.25) is 5.43 Å². The zero-order valence-electron chi connectivity index (χ0n) is 15.8. The van der Waals surface area contributed by atoms with Crippen molar-refractivity contribution < 1.29 is 18.7 Å². The minimum Gasteiger partial charge on any atom is -0.477 e. The van der Waals surface area contributed by atoms with Gasteiger partial charge in [0, 0.05) is 25.0 Å². The molecule has 30 heavy (non-hydrogen) atoms. The van der Waals surface area contributed by atoms with Gasteiger partial charge in [-0.25, -0.2) is 18.3 Å². The maximum atomic E-state index is 15.8. The monoisotopic (exact) mass is 416 g/mol. The third-order valence-corrected chi connectivity index (χ3v) is 5.79. The van der Waals surface area contributed by atoms with Gasteiger partial charge in [0.05, 0.1) is 22.8 Å². The number of aromatic carboxylic acids is 1. The van der Waals surface area contributed by atoms with Crippen LogP contribution in [0.2, 0.25) is 0 Å². The van der Waals surface area contributed by atoms with Crippen molar-refractivity contribution in [2.24, 2.45) is 0 Å². The van der Waals surface area contributed by atoms with Gasteiger partial charge in [0.25, 0.3) is 0 Å². The van der Waals surface area contributed by atoms with E-state index in [4.69, 9.17) is 5.73 Å². The van der Waals surface area contributed by atoms with Crippen LogP contribution in [0.3, 0.4) is 0 Å². The fourth-order valence-electron chi connectivity index (χ4n) is 4.26. The van der Waals surface area contributed by atoms with E-state index < -0.39 is 45.8 Å². The molecule has 3 aromatic rings. The van der Waals surface area contributed by atoms with Gasteiger partial charge in [-0.1, -0.05) is 5.21 Å². The van der Waals surface area contributed by atoms with Gasteiger partial charge in [-0.05, 0) is 25.7 Å². The van der Waals surface area contributed by atoms with Crippen LogP contribution < -0.4 is 16.1 Å². The molecule has 1 saturated carbocycles. The number of carboxylic acid groups (broad SMARTS) is 1. The lowest BCUT2D eigenvalue weighted by molar-refractivity contribution is 0.0695. The van der Waals surface area contributed by atoms with E-state index >= 15 is 8.78 Å². The normalized spacial score (nSPS) is 19.0. The van der Waals surface area contributed by atoms with Crippen LogP contribution in [0, 0.1) is 11.6 Å². The predicted molar refractivity (Wildman–Crippen MR) is 103 cm³/mol. The Labute approximate surface area is 168 Å². The van der Waals surface area contributed by atoms with Crippen LogP contribution in [0.4, 0.5) is 20.2 Å². The first-order valence-electron chi connectivity index (χ1n) is 9.61. The van der Waals surface area contributed by atoms with Crippen molar-refractivity contribution in [1.29, 1.82) is 0 Å². The average Bonchev–Trinajstić information content (AvgIpc) is 3.20. The number of fused-ring (bicyclic) bond motifs is 1. The number of hydrogen-bond donors (Lipinski definition) is 2. The number of pyridine rings is 1. The summed E-state index contributed by atoms with van der Waals surface area (Å²) in [4.78, 5) is 25.8. The topological polar surface area (TPSA) is 119 Å². The molecule has 1 aromatic carbocycles. The molecule has 2 fully saturated rings. The van der Waals surface area contributed by atoms with Gasteiger partial charge < -0.3 is 20.3 Å². The molecule has 156 valence electrons. The summed E-state index contributed by atoms with van der Waals surface area (Å²) >= 11 is 0. The number of nitrogens with two attached hydrogens (primary N) is 1. The Morgan fingerprint density at radius 3 is 2.63 bits per heavy atom. The van der Waals surface area contributed by atoms with Crippen LogP contribution in [0.5, 0.6) is 0 Å². The van der Waals surface area contributed by atoms with Gasteiger partial charge >= 0.3 is 5.97 Å². The fraction of sp³-hybridized carbons (Fsp3) is 0.368. The van der Waals surface area contributed by atoms with E-state index in [1.807, 2.05) is 0 Å². The lowest BCUT2D eigenvalue weighted by Gasteiger charge is -2.28. The average molecular weight is 416 g/mol. The second-order valence-corrected chi connectivity index (χ2v) is 7.63. The molecule has 0 bridgehead atoms. The molecule has 9 nitrogen and oxygen atoms in total. The molecule has 2 aliphatic rings. The molecule has 2 aromatic heterocycles. The second-order valence-electron chi connectivity index (χ2n) is 7.63. The van der Waals surface area contributed by atoms with Crippen LogP contribution in [0.15, 0.2) is 23.4 Å². The molecular weight excluding hydrogens is 398 g/mol. The van der Waals surface area contributed by atoms with E-state index in [9.17, 15) is 14.7 Å². The third-order valence-electron chi connectivity index (χ3n) is 5.79. The van der Waals surface area contributed by atoms with E-state index in [-0.39, 0.29) is 17.2 Å². The van der Waals surface area contributed by atoms with E-state index in [0.29, 0.717) is 32.2 Å². The summed E-state index contributed by atoms with van der Waals surface area (Å²) in [7, 11) is 0. The Kier molecular flexibility index (Phi) is 4.02. The minimum atomic E-state index is -1.47. The first-order chi connectivity index (χ1) is 14.4. The summed E-state index contributed by atoms with van der Waals surface area (Å²) in [6.45, 7) is 0.365. The number of nitrogens with zero attached hydrogens (tertiary/aromatic N) is 5. The standard InChI is InChI=1S/C19H18F2N6O3/c20-13-15(22)12-16(26(9-3-4-9)8-10(18(12)28)19(29)30)14(21)17(13)25-6-1-2-11(25)27-7-5-23-24-27/h5,7-9,11H,1-4,6,22H2,(H,29,30). The molecule has 1 aliphatic carbocycles. The molecule has 0 spiro atoms. The first kappa shape index (κ1) is 18.5. The van der Waals surface area contributed by atoms with Crippen molar-refractivity contribution >= 4 is 28.2 Å². The molecule has 1 aliphatic heterocycles. The van der Waals surface area contributed by atoms with E-state index in [0.717, 1.165) is 6.20 Å². The Hall–Kier alpha value is -3.50. The summed E-state index contributed by atoms with van der Waals surface area (Å²) in [6.07, 6.45) is 6.46. The second kappa shape index (κ2) is 6.51. The number of nitrogen functional groups attached to an aromatic ring is 1. The predicted octanol–water partition coefficient (Wildman–Crippen LogP) is 2.29. The molecule has 5 rings (SSSR count). The van der Waals surface area contributed by atoms with Crippen molar-refractivity contribution in [3.8, 4) is 0 Å². The molecule has 11 heteroatoms. The summed E-state index contributed by atoms with van der Waals surface area (Å²) in [5, 5.41) is 16.7. The zero-order valence-corrected chi connectivity index (χ0v) is 15.8. The fourth-order valence-corrected chi connectivity index (χ4v) is 4.26. The quantitative estimate of drug-likeness (QED) is 0.626. The van der Waals surface area contributed by atoms with Crippen LogP contribution in [0.1, 0.15) is 48.2 Å². The number of carboxylic acids is 1. The Morgan fingerprint density at radius 2 is 2.00 bits per heavy atom. The van der Waals surface area contributed by atoms with Crippen LogP contribution in [-0.2, 0) is 0 Å². The van der Waals surface area contributed by atoms with Gasteiger partial charge in [-0.15, -0.1) is 5.10 Å². The summed E-state index contributed by atoms with van der Waals surface area (Å²) in [6, 6.07) is -0.164. The van der Waals surface area contributed by atoms with Crippen LogP contribution >= 0.6 is 0 Å². The maximum absolute atomic E-state index is 15.8. The molecule has 1 unspecified atom stereocenters. The van der Waals surface area contributed by atoms with Crippen molar-refractivity contribution in [3.63, 3.8) is 0 Å². The smallest absolute Gasteiger partial charge is 0.341 e. The van der Waals surface area contributed by atoms with Gasteiger partial charge in [0.15, 0.2) is 11.6 Å². The molecule has 1 atom stereocenters. The van der Waals surface area contributed by atoms with Gasteiger partial charge in [-0.2, -0.15) is 0 Å². The SMILES string of the molecule is Nc1c(F)c(N2CCCC2n2ccnn2)c(F)c2c1c(=O)c(C(=O)O)cn2C1CC1. The Bertz CT molecular complexity index is 1240. The highest BCUT2D eigenvalue weighted by Crippen LogP contribution is 2.44. The molecule has 3 heterocycles. The summed E-state index contributed by atoms with van der Waals surface area (Å²) in [5.74, 6) is -3.47. The Morgan fingerprint density at radius 1 is 1.23 bits per heavy atom. The maximum Gasteiger partial charge on any atom is 0.341 e. The lowest BCUT2D eigenvalue weighted by atomic mass is 10.1. The highest BCUT2D eigenvalue weighted by Gasteiger charge is 2.36.